The topological polar surface area (TPSA) is 32.0 Å². The van der Waals surface area contributed by atoms with E-state index in [4.69, 9.17) is 0 Å². The second-order valence-electron chi connectivity index (χ2n) is 6.04. The number of aryl methyl sites for hydroxylation is 1. The first-order valence-electron chi connectivity index (χ1n) is 8.33. The summed E-state index contributed by atoms with van der Waals surface area (Å²) in [5, 5.41) is 10.2. The van der Waals surface area contributed by atoms with Crippen molar-refractivity contribution in [2.24, 2.45) is 0 Å². The molecular weight excluding hydrogens is 371 g/mol. The number of aromatic nitrogens is 1. The highest BCUT2D eigenvalue weighted by molar-refractivity contribution is 7.99. The van der Waals surface area contributed by atoms with Gasteiger partial charge in [0, 0.05) is 30.9 Å². The van der Waals surface area contributed by atoms with E-state index in [1.165, 1.54) is 6.07 Å². The van der Waals surface area contributed by atoms with Crippen molar-refractivity contribution in [3.63, 3.8) is 0 Å². The Morgan fingerprint density at radius 2 is 1.81 bits per heavy atom. The predicted molar refractivity (Wildman–Crippen MR) is 105 cm³/mol. The van der Waals surface area contributed by atoms with Crippen LogP contribution in [0.2, 0.25) is 0 Å². The molecule has 0 aliphatic heterocycles. The third-order valence-corrected chi connectivity index (χ3v) is 5.36. The van der Waals surface area contributed by atoms with E-state index < -0.39 is 11.7 Å². The van der Waals surface area contributed by atoms with Gasteiger partial charge < -0.3 is 8.87 Å². The molecule has 0 aliphatic carbocycles. The van der Waals surface area contributed by atoms with Crippen LogP contribution < -0.4 is 4.31 Å². The van der Waals surface area contributed by atoms with Gasteiger partial charge in [-0.15, -0.1) is 0 Å². The van der Waals surface area contributed by atoms with Crippen LogP contribution in [0.3, 0.4) is 0 Å². The number of hydrogen-bond acceptors (Lipinski definition) is 3. The number of alkyl halides is 3. The molecule has 2 aromatic carbocycles. The van der Waals surface area contributed by atoms with Gasteiger partial charge in [-0.05, 0) is 36.8 Å². The predicted octanol–water partition coefficient (Wildman–Crippen LogP) is 5.93. The van der Waals surface area contributed by atoms with E-state index >= 15 is 0 Å². The largest absolute Gasteiger partial charge is 0.416 e. The molecule has 0 amide bonds. The lowest BCUT2D eigenvalue weighted by molar-refractivity contribution is -0.137. The monoisotopic (exact) mass is 389 g/mol. The first-order valence-corrected chi connectivity index (χ1v) is 9.51. The van der Waals surface area contributed by atoms with E-state index in [2.05, 4.69) is 6.07 Å². The summed E-state index contributed by atoms with van der Waals surface area (Å²) in [6, 6.07) is 13.4. The highest BCUT2D eigenvalue weighted by Crippen LogP contribution is 2.38. The van der Waals surface area contributed by atoms with Gasteiger partial charge in [0.2, 0.25) is 0 Å². The molecule has 1 aromatic heterocycles. The lowest BCUT2D eigenvalue weighted by atomic mass is 10.0. The molecule has 0 fully saturated rings. The number of nitriles is 1. The summed E-state index contributed by atoms with van der Waals surface area (Å²) in [6.45, 7) is 2.32. The van der Waals surface area contributed by atoms with Gasteiger partial charge in [0.25, 0.3) is 0 Å². The van der Waals surface area contributed by atoms with Gasteiger partial charge in [-0.25, -0.2) is 0 Å². The Morgan fingerprint density at radius 3 is 2.33 bits per heavy atom. The molecule has 0 N–H and O–H groups in total. The van der Waals surface area contributed by atoms with E-state index in [1.54, 1.807) is 16.5 Å². The maximum Gasteiger partial charge on any atom is 0.416 e. The lowest BCUT2D eigenvalue weighted by Crippen LogP contribution is -2.05. The molecule has 0 bridgehead atoms. The van der Waals surface area contributed by atoms with Crippen LogP contribution in [0, 0.1) is 11.3 Å². The first-order chi connectivity index (χ1) is 12.8. The Morgan fingerprint density at radius 1 is 1.15 bits per heavy atom. The molecule has 0 radical (unpaired) electrons. The van der Waals surface area contributed by atoms with Crippen LogP contribution in [0.5, 0.6) is 0 Å². The van der Waals surface area contributed by atoms with Crippen molar-refractivity contribution in [2.45, 2.75) is 19.6 Å². The highest BCUT2D eigenvalue weighted by atomic mass is 32.2. The second kappa shape index (κ2) is 7.20. The molecule has 0 saturated carbocycles. The summed E-state index contributed by atoms with van der Waals surface area (Å²) in [6.07, 6.45) is -2.46. The van der Waals surface area contributed by atoms with Crippen LogP contribution in [0.1, 0.15) is 18.1 Å². The highest BCUT2D eigenvalue weighted by Gasteiger charge is 2.31. The zero-order valence-corrected chi connectivity index (χ0v) is 15.9. The number of hydrogen-bond donors (Lipinski definition) is 0. The van der Waals surface area contributed by atoms with E-state index in [9.17, 15) is 18.4 Å². The van der Waals surface area contributed by atoms with Crippen molar-refractivity contribution in [3.05, 3.63) is 53.6 Å². The SMILES string of the molecule is CCn1c(-c2ccc(N(C)SC)cc2)c(C#N)c2ccc(C(F)(F)F)cc21. The summed E-state index contributed by atoms with van der Waals surface area (Å²) >= 11 is 1.57. The fraction of sp³-hybridized carbons (Fsp3) is 0.250. The van der Waals surface area contributed by atoms with Crippen LogP contribution in [0.15, 0.2) is 42.5 Å². The third-order valence-electron chi connectivity index (χ3n) is 4.60. The zero-order chi connectivity index (χ0) is 19.8. The molecular formula is C20H18F3N3S. The van der Waals surface area contributed by atoms with Gasteiger partial charge >= 0.3 is 6.18 Å². The third kappa shape index (κ3) is 3.37. The average Bonchev–Trinajstić information content (AvgIpc) is 2.99. The molecule has 1 heterocycles. The fourth-order valence-electron chi connectivity index (χ4n) is 3.20. The van der Waals surface area contributed by atoms with E-state index in [1.807, 2.05) is 48.8 Å². The Labute approximate surface area is 160 Å². The standard InChI is InChI=1S/C20H18F3N3S/c1-4-26-18-11-14(20(21,22)23)7-10-16(18)17(12-24)19(26)13-5-8-15(9-6-13)25(2)27-3/h5-11H,4H2,1-3H3. The molecule has 140 valence electrons. The smallest absolute Gasteiger partial charge is 0.340 e. The van der Waals surface area contributed by atoms with Gasteiger partial charge in [0.05, 0.1) is 22.3 Å². The Hall–Kier alpha value is -2.59. The average molecular weight is 389 g/mol. The van der Waals surface area contributed by atoms with Gasteiger partial charge in [-0.3, -0.25) is 0 Å². The number of fused-ring (bicyclic) bond motifs is 1. The number of halogens is 3. The first kappa shape index (κ1) is 19.2. The number of anilines is 1. The van der Waals surface area contributed by atoms with Gasteiger partial charge in [0.15, 0.2) is 0 Å². The van der Waals surface area contributed by atoms with Crippen LogP contribution in [0.4, 0.5) is 18.9 Å². The summed E-state index contributed by atoms with van der Waals surface area (Å²) in [5.74, 6) is 0. The molecule has 0 aliphatic rings. The maximum absolute atomic E-state index is 13.1. The molecule has 0 spiro atoms. The minimum absolute atomic E-state index is 0.395. The van der Waals surface area contributed by atoms with Crippen LogP contribution in [0.25, 0.3) is 22.2 Å². The molecule has 0 unspecified atom stereocenters. The molecule has 0 atom stereocenters. The molecule has 3 aromatic rings. The summed E-state index contributed by atoms with van der Waals surface area (Å²) in [5.41, 5.74) is 2.55. The summed E-state index contributed by atoms with van der Waals surface area (Å²) in [4.78, 5) is 0. The van der Waals surface area contributed by atoms with E-state index in [0.29, 0.717) is 28.7 Å². The second-order valence-corrected chi connectivity index (χ2v) is 6.95. The van der Waals surface area contributed by atoms with Crippen LogP contribution in [-0.2, 0) is 12.7 Å². The van der Waals surface area contributed by atoms with Gasteiger partial charge in [-0.1, -0.05) is 30.1 Å². The zero-order valence-electron chi connectivity index (χ0n) is 15.1. The van der Waals surface area contributed by atoms with Crippen molar-refractivity contribution in [3.8, 4) is 17.3 Å². The molecule has 7 heteroatoms. The van der Waals surface area contributed by atoms with Crippen molar-refractivity contribution < 1.29 is 13.2 Å². The number of rotatable bonds is 4. The Kier molecular flexibility index (Phi) is 5.11. The molecule has 0 saturated heterocycles. The van der Waals surface area contributed by atoms with E-state index in [-0.39, 0.29) is 0 Å². The molecule has 3 nitrogen and oxygen atoms in total. The van der Waals surface area contributed by atoms with Crippen LogP contribution >= 0.6 is 11.9 Å². The van der Waals surface area contributed by atoms with Crippen molar-refractivity contribution >= 4 is 28.5 Å². The Bertz CT molecular complexity index is 1010. The molecule has 3 rings (SSSR count). The fourth-order valence-corrected chi connectivity index (χ4v) is 3.53. The minimum Gasteiger partial charge on any atom is -0.340 e. The van der Waals surface area contributed by atoms with Crippen molar-refractivity contribution in [1.82, 2.24) is 4.57 Å². The molecule has 27 heavy (non-hydrogen) atoms. The Balaban J connectivity index is 2.24. The van der Waals surface area contributed by atoms with Crippen LogP contribution in [-0.4, -0.2) is 17.9 Å². The van der Waals surface area contributed by atoms with Crippen molar-refractivity contribution in [1.29, 1.82) is 5.26 Å². The minimum atomic E-state index is -4.42. The van der Waals surface area contributed by atoms with Crippen molar-refractivity contribution in [2.75, 3.05) is 17.6 Å². The van der Waals surface area contributed by atoms with E-state index in [0.717, 1.165) is 23.4 Å². The quantitative estimate of drug-likeness (QED) is 0.518. The van der Waals surface area contributed by atoms with Gasteiger partial charge in [0.1, 0.15) is 6.07 Å². The lowest BCUT2D eigenvalue weighted by Gasteiger charge is -2.16. The number of benzene rings is 2. The number of nitrogens with zero attached hydrogens (tertiary/aromatic N) is 3. The summed E-state index contributed by atoms with van der Waals surface area (Å²) < 4.78 is 43.2. The summed E-state index contributed by atoms with van der Waals surface area (Å²) in [7, 11) is 1.95. The normalized spacial score (nSPS) is 11.6. The van der Waals surface area contributed by atoms with Gasteiger partial charge in [-0.2, -0.15) is 18.4 Å². The maximum atomic E-state index is 13.1.